The number of carbonyl (C=O) groups is 1. The van der Waals surface area contributed by atoms with Crippen LogP contribution in [0.2, 0.25) is 10.0 Å². The molecule has 0 aromatic heterocycles. The molecular weight excluding hydrogens is 549 g/mol. The van der Waals surface area contributed by atoms with Crippen LogP contribution >= 0.6 is 23.2 Å². The molecule has 1 saturated heterocycles. The number of nitrogens with one attached hydrogen (secondary N) is 1. The zero-order valence-corrected chi connectivity index (χ0v) is 22.7. The largest absolute Gasteiger partial charge is 0.497 e. The van der Waals surface area contributed by atoms with Gasteiger partial charge in [-0.25, -0.2) is 4.79 Å². The highest BCUT2D eigenvalue weighted by Gasteiger charge is 2.27. The van der Waals surface area contributed by atoms with Crippen molar-refractivity contribution in [3.05, 3.63) is 76.3 Å². The van der Waals surface area contributed by atoms with E-state index in [1.165, 1.54) is 12.1 Å². The third kappa shape index (κ3) is 8.54. The number of methoxy groups -OCH3 is 1. The second-order valence-corrected chi connectivity index (χ2v) is 9.58. The number of hydrogen-bond donors (Lipinski definition) is 3. The fourth-order valence-electron chi connectivity index (χ4n) is 3.83. The summed E-state index contributed by atoms with van der Waals surface area (Å²) >= 11 is 12.2. The number of ether oxygens (including phenoxy) is 4. The smallest absolute Gasteiger partial charge is 0.316 e. The fraction of sp³-hybridized carbons (Fsp3) is 0.296. The molecule has 1 fully saturated rings. The van der Waals surface area contributed by atoms with E-state index >= 15 is 0 Å². The Bertz CT molecular complexity index is 1250. The number of amides is 2. The Morgan fingerprint density at radius 2 is 1.82 bits per heavy atom. The highest BCUT2D eigenvalue weighted by atomic mass is 35.5. The maximum atomic E-state index is 11.6. The average molecular weight is 578 g/mol. The van der Waals surface area contributed by atoms with E-state index in [9.17, 15) is 9.90 Å². The quantitative estimate of drug-likeness (QED) is 0.287. The van der Waals surface area contributed by atoms with E-state index in [1.54, 1.807) is 36.4 Å². The summed E-state index contributed by atoms with van der Waals surface area (Å²) in [5.41, 5.74) is 6.42. The van der Waals surface area contributed by atoms with E-state index in [0.717, 1.165) is 5.56 Å². The van der Waals surface area contributed by atoms with E-state index in [1.807, 2.05) is 24.3 Å². The van der Waals surface area contributed by atoms with Crippen molar-refractivity contribution in [1.82, 2.24) is 5.06 Å². The molecule has 0 bridgehead atoms. The molecule has 2 atom stereocenters. The van der Waals surface area contributed by atoms with Crippen molar-refractivity contribution in [2.24, 2.45) is 5.73 Å². The number of nitrogens with two attached hydrogens (primary N) is 1. The highest BCUT2D eigenvalue weighted by Crippen LogP contribution is 2.39. The van der Waals surface area contributed by atoms with Crippen LogP contribution in [0.3, 0.4) is 0 Å². The summed E-state index contributed by atoms with van der Waals surface area (Å²) in [7, 11) is 1.59. The lowest BCUT2D eigenvalue weighted by Gasteiger charge is -2.21. The number of benzene rings is 3. The third-order valence-corrected chi connectivity index (χ3v) is 6.10. The Morgan fingerprint density at radius 3 is 2.51 bits per heavy atom. The monoisotopic (exact) mass is 577 g/mol. The van der Waals surface area contributed by atoms with Gasteiger partial charge in [0, 0.05) is 16.1 Å². The summed E-state index contributed by atoms with van der Waals surface area (Å²) in [5.74, 6) is 1.84. The van der Waals surface area contributed by atoms with Crippen molar-refractivity contribution in [2.45, 2.75) is 18.8 Å². The second-order valence-electron chi connectivity index (χ2n) is 8.71. The molecule has 0 radical (unpaired) electrons. The molecule has 1 aliphatic rings. The first-order valence-corrected chi connectivity index (χ1v) is 12.8. The Kier molecular flexibility index (Phi) is 9.96. The molecule has 3 aromatic carbocycles. The number of hydrogen-bond acceptors (Lipinski definition) is 8. The number of β-amino-alcohol motifs (C(OH)–C–C–N with tert-alkyl or cyclic N) is 1. The van der Waals surface area contributed by atoms with Gasteiger partial charge in [-0.2, -0.15) is 5.06 Å². The number of carbonyl (C=O) groups excluding carboxylic acids is 1. The Balaban J connectivity index is 1.36. The molecule has 4 rings (SSSR count). The lowest BCUT2D eigenvalue weighted by Crippen LogP contribution is -2.34. The molecule has 1 heterocycles. The highest BCUT2D eigenvalue weighted by molar-refractivity contribution is 6.31. The SMILES string of the molecule is COc1ccc(COc2c(NC(N)=O)cc(Cl)cc2OC[C@@H](O)CN2C[C@@H](Oc3ccc(Cl)cc3)CO2)cc1. The van der Waals surface area contributed by atoms with Crippen molar-refractivity contribution in [2.75, 3.05) is 38.7 Å². The van der Waals surface area contributed by atoms with Gasteiger partial charge < -0.3 is 35.1 Å². The van der Waals surface area contributed by atoms with Crippen LogP contribution in [0.1, 0.15) is 5.56 Å². The summed E-state index contributed by atoms with van der Waals surface area (Å²) in [6.07, 6.45) is -1.12. The molecular formula is C27H29Cl2N3O7. The van der Waals surface area contributed by atoms with E-state index < -0.39 is 12.1 Å². The average Bonchev–Trinajstić information content (AvgIpc) is 3.34. The molecule has 4 N–H and O–H groups in total. The lowest BCUT2D eigenvalue weighted by atomic mass is 10.2. The van der Waals surface area contributed by atoms with Crippen LogP contribution < -0.4 is 30.0 Å². The van der Waals surface area contributed by atoms with Gasteiger partial charge in [-0.05, 0) is 48.0 Å². The minimum Gasteiger partial charge on any atom is -0.497 e. The van der Waals surface area contributed by atoms with Crippen LogP contribution in [0, 0.1) is 0 Å². The van der Waals surface area contributed by atoms with Crippen molar-refractivity contribution in [3.63, 3.8) is 0 Å². The maximum Gasteiger partial charge on any atom is 0.316 e. The topological polar surface area (TPSA) is 125 Å². The van der Waals surface area contributed by atoms with Gasteiger partial charge in [-0.3, -0.25) is 4.84 Å². The van der Waals surface area contributed by atoms with Gasteiger partial charge in [0.1, 0.15) is 43.5 Å². The molecule has 1 aliphatic heterocycles. The number of anilines is 1. The van der Waals surface area contributed by atoms with Crippen molar-refractivity contribution in [3.8, 4) is 23.0 Å². The molecule has 39 heavy (non-hydrogen) atoms. The predicted octanol–water partition coefficient (Wildman–Crippen LogP) is 4.51. The van der Waals surface area contributed by atoms with Crippen LogP contribution in [0.15, 0.2) is 60.7 Å². The van der Waals surface area contributed by atoms with Gasteiger partial charge in [0.15, 0.2) is 11.5 Å². The van der Waals surface area contributed by atoms with Gasteiger partial charge in [0.05, 0.1) is 25.9 Å². The zero-order valence-electron chi connectivity index (χ0n) is 21.1. The number of nitrogens with zero attached hydrogens (tertiary/aromatic N) is 1. The Morgan fingerprint density at radius 1 is 1.10 bits per heavy atom. The van der Waals surface area contributed by atoms with Crippen molar-refractivity contribution in [1.29, 1.82) is 0 Å². The number of halogens is 2. The summed E-state index contributed by atoms with van der Waals surface area (Å²) in [6.45, 7) is 1.04. The first-order valence-electron chi connectivity index (χ1n) is 12.1. The fourth-order valence-corrected chi connectivity index (χ4v) is 4.16. The molecule has 2 amide bonds. The van der Waals surface area contributed by atoms with E-state index in [4.69, 9.17) is 52.7 Å². The second kappa shape index (κ2) is 13.6. The molecule has 0 saturated carbocycles. The Hall–Kier alpha value is -3.41. The third-order valence-electron chi connectivity index (χ3n) is 5.63. The van der Waals surface area contributed by atoms with Crippen LogP contribution in [0.4, 0.5) is 10.5 Å². The minimum atomic E-state index is -0.916. The molecule has 0 unspecified atom stereocenters. The number of primary amides is 1. The standard InChI is InChI=1S/C27H29Cl2N3O7/c1-35-21-6-2-17(3-7-21)14-37-26-24(31-27(30)34)10-19(29)11-25(26)36-15-20(33)12-32-13-23(16-38-32)39-22-8-4-18(28)5-9-22/h2-11,20,23,33H,12-16H2,1H3,(H3,30,31,34)/t20-,23+/m0/s1. The van der Waals surface area contributed by atoms with Crippen LogP contribution in [0.25, 0.3) is 0 Å². The van der Waals surface area contributed by atoms with Gasteiger partial charge in [0.25, 0.3) is 0 Å². The molecule has 3 aromatic rings. The Labute approximate surface area is 236 Å². The number of aliphatic hydroxyl groups is 1. The molecule has 10 nitrogen and oxygen atoms in total. The first-order chi connectivity index (χ1) is 18.8. The predicted molar refractivity (Wildman–Crippen MR) is 147 cm³/mol. The summed E-state index contributed by atoms with van der Waals surface area (Å²) < 4.78 is 22.9. The van der Waals surface area contributed by atoms with E-state index in [0.29, 0.717) is 29.7 Å². The van der Waals surface area contributed by atoms with Crippen LogP contribution in [0.5, 0.6) is 23.0 Å². The minimum absolute atomic E-state index is 0.0994. The van der Waals surface area contributed by atoms with Gasteiger partial charge in [0.2, 0.25) is 0 Å². The van der Waals surface area contributed by atoms with Gasteiger partial charge in [-0.15, -0.1) is 0 Å². The summed E-state index contributed by atoms with van der Waals surface area (Å²) in [6, 6.07) is 16.6. The maximum absolute atomic E-state index is 11.6. The van der Waals surface area contributed by atoms with Crippen LogP contribution in [-0.2, 0) is 11.4 Å². The molecule has 0 aliphatic carbocycles. The number of urea groups is 1. The number of aliphatic hydroxyl groups excluding tert-OH is 1. The first kappa shape index (κ1) is 28.6. The normalized spacial score (nSPS) is 15.9. The lowest BCUT2D eigenvalue weighted by molar-refractivity contribution is -0.131. The molecule has 12 heteroatoms. The van der Waals surface area contributed by atoms with Crippen molar-refractivity contribution < 1.29 is 33.7 Å². The molecule has 208 valence electrons. The molecule has 0 spiro atoms. The van der Waals surface area contributed by atoms with Crippen molar-refractivity contribution >= 4 is 34.9 Å². The summed E-state index contributed by atoms with van der Waals surface area (Å²) in [5, 5.41) is 15.7. The zero-order chi connectivity index (χ0) is 27.8. The van der Waals surface area contributed by atoms with E-state index in [-0.39, 0.29) is 48.1 Å². The summed E-state index contributed by atoms with van der Waals surface area (Å²) in [4.78, 5) is 17.2. The van der Waals surface area contributed by atoms with Gasteiger partial charge >= 0.3 is 6.03 Å². The number of rotatable bonds is 12. The van der Waals surface area contributed by atoms with Crippen LogP contribution in [-0.4, -0.2) is 61.8 Å². The van der Waals surface area contributed by atoms with E-state index in [2.05, 4.69) is 5.32 Å². The van der Waals surface area contributed by atoms with Gasteiger partial charge in [-0.1, -0.05) is 35.3 Å². The number of hydroxylamine groups is 2.